The number of aryl methyl sites for hydroxylation is 1. The van der Waals surface area contributed by atoms with Crippen LogP contribution < -0.4 is 5.32 Å². The van der Waals surface area contributed by atoms with Gasteiger partial charge in [0, 0.05) is 25.3 Å². The molecule has 1 rings (SSSR count). The zero-order chi connectivity index (χ0) is 12.7. The number of aromatic nitrogens is 2. The van der Waals surface area contributed by atoms with Crippen molar-refractivity contribution in [1.29, 1.82) is 0 Å². The van der Waals surface area contributed by atoms with Crippen LogP contribution in [0.2, 0.25) is 0 Å². The first-order valence-electron chi connectivity index (χ1n) is 6.89. The normalized spacial score (nSPS) is 14.8. The third kappa shape index (κ3) is 4.90. The van der Waals surface area contributed by atoms with E-state index in [1.165, 1.54) is 18.5 Å². The highest BCUT2D eigenvalue weighted by Gasteiger charge is 2.08. The first-order chi connectivity index (χ1) is 8.17. The van der Waals surface area contributed by atoms with Crippen molar-refractivity contribution in [2.75, 3.05) is 0 Å². The molecule has 0 fully saturated rings. The molecule has 0 saturated heterocycles. The molecule has 2 atom stereocenters. The summed E-state index contributed by atoms with van der Waals surface area (Å²) in [7, 11) is 0. The predicted molar refractivity (Wildman–Crippen MR) is 72.9 cm³/mol. The van der Waals surface area contributed by atoms with Gasteiger partial charge in [-0.1, -0.05) is 27.2 Å². The van der Waals surface area contributed by atoms with E-state index < -0.39 is 0 Å². The molecule has 0 aromatic carbocycles. The standard InChI is InChI=1S/C14H27N3/c1-5-7-17-11-15-9-14(17)10-16-13(4)8-12(3)6-2/h9,11-13,16H,5-8,10H2,1-4H3. The largest absolute Gasteiger partial charge is 0.333 e. The van der Waals surface area contributed by atoms with E-state index in [2.05, 4.69) is 42.6 Å². The molecular formula is C14H27N3. The molecule has 1 aromatic heterocycles. The zero-order valence-corrected chi connectivity index (χ0v) is 11.7. The summed E-state index contributed by atoms with van der Waals surface area (Å²) in [5, 5.41) is 3.59. The second-order valence-corrected chi connectivity index (χ2v) is 5.11. The smallest absolute Gasteiger partial charge is 0.0948 e. The van der Waals surface area contributed by atoms with Crippen LogP contribution in [-0.2, 0) is 13.1 Å². The number of hydrogen-bond donors (Lipinski definition) is 1. The lowest BCUT2D eigenvalue weighted by Gasteiger charge is -2.18. The summed E-state index contributed by atoms with van der Waals surface area (Å²) in [5.41, 5.74) is 1.29. The Labute approximate surface area is 106 Å². The van der Waals surface area contributed by atoms with Crippen molar-refractivity contribution in [3.8, 4) is 0 Å². The minimum atomic E-state index is 0.579. The van der Waals surface area contributed by atoms with E-state index >= 15 is 0 Å². The highest BCUT2D eigenvalue weighted by atomic mass is 15.1. The Morgan fingerprint density at radius 2 is 2.12 bits per heavy atom. The predicted octanol–water partition coefficient (Wildman–Crippen LogP) is 3.21. The van der Waals surface area contributed by atoms with Crippen LogP contribution in [0.4, 0.5) is 0 Å². The van der Waals surface area contributed by atoms with Gasteiger partial charge in [-0.25, -0.2) is 4.98 Å². The molecular weight excluding hydrogens is 210 g/mol. The van der Waals surface area contributed by atoms with Gasteiger partial charge < -0.3 is 9.88 Å². The number of nitrogens with zero attached hydrogens (tertiary/aromatic N) is 2. The van der Waals surface area contributed by atoms with Crippen LogP contribution in [0.25, 0.3) is 0 Å². The van der Waals surface area contributed by atoms with Crippen LogP contribution in [0.3, 0.4) is 0 Å². The summed E-state index contributed by atoms with van der Waals surface area (Å²) < 4.78 is 2.24. The fourth-order valence-corrected chi connectivity index (χ4v) is 2.07. The third-order valence-electron chi connectivity index (χ3n) is 3.35. The molecule has 3 nitrogen and oxygen atoms in total. The lowest BCUT2D eigenvalue weighted by atomic mass is 10.0. The minimum Gasteiger partial charge on any atom is -0.333 e. The van der Waals surface area contributed by atoms with E-state index in [9.17, 15) is 0 Å². The van der Waals surface area contributed by atoms with Crippen LogP contribution in [0, 0.1) is 5.92 Å². The molecule has 3 heteroatoms. The van der Waals surface area contributed by atoms with Crippen molar-refractivity contribution in [2.24, 2.45) is 5.92 Å². The molecule has 1 aromatic rings. The Balaban J connectivity index is 2.36. The Bertz CT molecular complexity index is 306. The zero-order valence-electron chi connectivity index (χ0n) is 11.7. The molecule has 0 radical (unpaired) electrons. The van der Waals surface area contributed by atoms with Gasteiger partial charge in [-0.2, -0.15) is 0 Å². The van der Waals surface area contributed by atoms with Crippen LogP contribution in [0.1, 0.15) is 52.7 Å². The molecule has 0 amide bonds. The average Bonchev–Trinajstić information content (AvgIpc) is 2.74. The van der Waals surface area contributed by atoms with Gasteiger partial charge in [-0.05, 0) is 25.7 Å². The van der Waals surface area contributed by atoms with Gasteiger partial charge in [-0.15, -0.1) is 0 Å². The molecule has 0 bridgehead atoms. The van der Waals surface area contributed by atoms with Crippen LogP contribution in [-0.4, -0.2) is 15.6 Å². The molecule has 0 aliphatic rings. The quantitative estimate of drug-likeness (QED) is 0.752. The fourth-order valence-electron chi connectivity index (χ4n) is 2.07. The van der Waals surface area contributed by atoms with Crippen LogP contribution in [0.15, 0.2) is 12.5 Å². The maximum atomic E-state index is 4.22. The number of nitrogens with one attached hydrogen (secondary N) is 1. The Morgan fingerprint density at radius 3 is 2.76 bits per heavy atom. The molecule has 0 aliphatic carbocycles. The molecule has 0 aliphatic heterocycles. The Hall–Kier alpha value is -0.830. The van der Waals surface area contributed by atoms with Gasteiger partial charge in [0.2, 0.25) is 0 Å². The summed E-state index contributed by atoms with van der Waals surface area (Å²) in [6.07, 6.45) is 7.57. The molecule has 0 saturated carbocycles. The molecule has 0 spiro atoms. The van der Waals surface area contributed by atoms with Crippen molar-refractivity contribution in [2.45, 2.75) is 66.1 Å². The lowest BCUT2D eigenvalue weighted by molar-refractivity contribution is 0.407. The van der Waals surface area contributed by atoms with E-state index in [4.69, 9.17) is 0 Å². The average molecular weight is 237 g/mol. The van der Waals surface area contributed by atoms with E-state index in [0.717, 1.165) is 25.4 Å². The first-order valence-corrected chi connectivity index (χ1v) is 6.89. The van der Waals surface area contributed by atoms with Crippen molar-refractivity contribution in [3.05, 3.63) is 18.2 Å². The summed E-state index contributed by atoms with van der Waals surface area (Å²) in [5.74, 6) is 0.804. The summed E-state index contributed by atoms with van der Waals surface area (Å²) in [4.78, 5) is 4.22. The van der Waals surface area contributed by atoms with Crippen molar-refractivity contribution in [3.63, 3.8) is 0 Å². The minimum absolute atomic E-state index is 0.579. The van der Waals surface area contributed by atoms with E-state index in [-0.39, 0.29) is 0 Å². The van der Waals surface area contributed by atoms with Gasteiger partial charge >= 0.3 is 0 Å². The van der Waals surface area contributed by atoms with Gasteiger partial charge in [-0.3, -0.25) is 0 Å². The van der Waals surface area contributed by atoms with E-state index in [1.807, 2.05) is 12.5 Å². The summed E-state index contributed by atoms with van der Waals surface area (Å²) in [6.45, 7) is 11.0. The SMILES string of the molecule is CCCn1cncc1CNC(C)CC(C)CC. The molecule has 1 heterocycles. The van der Waals surface area contributed by atoms with E-state index in [0.29, 0.717) is 6.04 Å². The first kappa shape index (κ1) is 14.2. The van der Waals surface area contributed by atoms with E-state index in [1.54, 1.807) is 0 Å². The second kappa shape index (κ2) is 7.49. The maximum absolute atomic E-state index is 4.22. The summed E-state index contributed by atoms with van der Waals surface area (Å²) in [6, 6.07) is 0.579. The van der Waals surface area contributed by atoms with Gasteiger partial charge in [0.1, 0.15) is 0 Å². The Morgan fingerprint density at radius 1 is 1.35 bits per heavy atom. The monoisotopic (exact) mass is 237 g/mol. The molecule has 1 N–H and O–H groups in total. The van der Waals surface area contributed by atoms with Gasteiger partial charge in [0.25, 0.3) is 0 Å². The maximum Gasteiger partial charge on any atom is 0.0948 e. The number of rotatable bonds is 8. The summed E-state index contributed by atoms with van der Waals surface area (Å²) >= 11 is 0. The van der Waals surface area contributed by atoms with Crippen LogP contribution in [0.5, 0.6) is 0 Å². The van der Waals surface area contributed by atoms with Gasteiger partial charge in [0.15, 0.2) is 0 Å². The molecule has 98 valence electrons. The van der Waals surface area contributed by atoms with Crippen molar-refractivity contribution in [1.82, 2.24) is 14.9 Å². The van der Waals surface area contributed by atoms with Gasteiger partial charge in [0.05, 0.1) is 12.0 Å². The molecule has 2 unspecified atom stereocenters. The Kier molecular flexibility index (Phi) is 6.27. The highest BCUT2D eigenvalue weighted by Crippen LogP contribution is 2.10. The van der Waals surface area contributed by atoms with Crippen LogP contribution >= 0.6 is 0 Å². The third-order valence-corrected chi connectivity index (χ3v) is 3.35. The second-order valence-electron chi connectivity index (χ2n) is 5.11. The number of imidazole rings is 1. The van der Waals surface area contributed by atoms with Crippen molar-refractivity contribution >= 4 is 0 Å². The topological polar surface area (TPSA) is 29.9 Å². The number of hydrogen-bond acceptors (Lipinski definition) is 2. The van der Waals surface area contributed by atoms with Crippen molar-refractivity contribution < 1.29 is 0 Å². The highest BCUT2D eigenvalue weighted by molar-refractivity contribution is 4.98. The molecule has 17 heavy (non-hydrogen) atoms. The lowest BCUT2D eigenvalue weighted by Crippen LogP contribution is -2.28. The fraction of sp³-hybridized carbons (Fsp3) is 0.786.